The molecule has 0 radical (unpaired) electrons. The van der Waals surface area contributed by atoms with E-state index in [1.54, 1.807) is 0 Å². The lowest BCUT2D eigenvalue weighted by molar-refractivity contribution is -0.141. The van der Waals surface area contributed by atoms with Crippen LogP contribution in [0.2, 0.25) is 0 Å². The maximum absolute atomic E-state index is 11.2. The molecule has 1 atom stereocenters. The molecule has 0 heterocycles. The Labute approximate surface area is 83.1 Å². The van der Waals surface area contributed by atoms with Crippen LogP contribution in [0.3, 0.4) is 0 Å². The number of rotatable bonds is 4. The van der Waals surface area contributed by atoms with Crippen LogP contribution in [-0.4, -0.2) is 25.7 Å². The molecule has 0 aliphatic carbocycles. The Hall–Kier alpha value is -1.55. The molecule has 1 unspecified atom stereocenters. The lowest BCUT2D eigenvalue weighted by Crippen LogP contribution is -2.37. The first-order valence-corrected chi connectivity index (χ1v) is 4.37. The number of carbonyl (C=O) groups excluding carboxylic acids is 1. The van der Waals surface area contributed by atoms with Gasteiger partial charge in [-0.05, 0) is 12.1 Å². The van der Waals surface area contributed by atoms with Gasteiger partial charge in [-0.15, -0.1) is 0 Å². The van der Waals surface area contributed by atoms with Crippen molar-refractivity contribution in [1.82, 2.24) is 0 Å². The van der Waals surface area contributed by atoms with Crippen molar-refractivity contribution in [3.05, 3.63) is 30.3 Å². The van der Waals surface area contributed by atoms with E-state index in [9.17, 15) is 4.79 Å². The monoisotopic (exact) mass is 194 g/mol. The molecule has 0 aliphatic rings. The summed E-state index contributed by atoms with van der Waals surface area (Å²) >= 11 is 0. The van der Waals surface area contributed by atoms with Gasteiger partial charge in [0.2, 0.25) is 0 Å². The largest absolute Gasteiger partial charge is 0.467 e. The van der Waals surface area contributed by atoms with Crippen molar-refractivity contribution >= 4 is 11.7 Å². The number of benzene rings is 1. The first kappa shape index (κ1) is 10.5. The SMILES string of the molecule is COC(=O)C(CN)Nc1ccccc1. The molecule has 4 nitrogen and oxygen atoms in total. The predicted octanol–water partition coefficient (Wildman–Crippen LogP) is 0.599. The lowest BCUT2D eigenvalue weighted by Gasteiger charge is -2.15. The van der Waals surface area contributed by atoms with Crippen molar-refractivity contribution in [3.8, 4) is 0 Å². The van der Waals surface area contributed by atoms with Gasteiger partial charge in [-0.1, -0.05) is 18.2 Å². The quantitative estimate of drug-likeness (QED) is 0.689. The Morgan fingerprint density at radius 2 is 2.14 bits per heavy atom. The van der Waals surface area contributed by atoms with Crippen LogP contribution < -0.4 is 11.1 Å². The standard InChI is InChI=1S/C10H14N2O2/c1-14-10(13)9(7-11)12-8-5-3-2-4-6-8/h2-6,9,12H,7,11H2,1H3. The minimum absolute atomic E-state index is 0.210. The van der Waals surface area contributed by atoms with Crippen molar-refractivity contribution in [2.45, 2.75) is 6.04 Å². The number of nitrogens with two attached hydrogens (primary N) is 1. The van der Waals surface area contributed by atoms with Gasteiger partial charge >= 0.3 is 5.97 Å². The van der Waals surface area contributed by atoms with Crippen molar-refractivity contribution in [2.75, 3.05) is 19.0 Å². The second-order valence-electron chi connectivity index (χ2n) is 2.82. The molecule has 3 N–H and O–H groups in total. The van der Waals surface area contributed by atoms with Crippen molar-refractivity contribution in [2.24, 2.45) is 5.73 Å². The summed E-state index contributed by atoms with van der Waals surface area (Å²) in [6, 6.07) is 8.92. The average molecular weight is 194 g/mol. The van der Waals surface area contributed by atoms with Crippen LogP contribution in [0, 0.1) is 0 Å². The van der Waals surface area contributed by atoms with Crippen LogP contribution in [-0.2, 0) is 9.53 Å². The third-order valence-corrected chi connectivity index (χ3v) is 1.84. The first-order valence-electron chi connectivity index (χ1n) is 4.37. The Morgan fingerprint density at radius 3 is 2.64 bits per heavy atom. The number of ether oxygens (including phenoxy) is 1. The van der Waals surface area contributed by atoms with Crippen molar-refractivity contribution in [1.29, 1.82) is 0 Å². The average Bonchev–Trinajstić information content (AvgIpc) is 2.26. The number of anilines is 1. The van der Waals surface area contributed by atoms with Crippen LogP contribution >= 0.6 is 0 Å². The molecule has 0 saturated carbocycles. The van der Waals surface area contributed by atoms with E-state index in [4.69, 9.17) is 5.73 Å². The van der Waals surface area contributed by atoms with Gasteiger partial charge < -0.3 is 15.8 Å². The molecule has 1 aromatic carbocycles. The summed E-state index contributed by atoms with van der Waals surface area (Å²) in [4.78, 5) is 11.2. The highest BCUT2D eigenvalue weighted by atomic mass is 16.5. The molecule has 0 fully saturated rings. The zero-order valence-electron chi connectivity index (χ0n) is 8.07. The maximum Gasteiger partial charge on any atom is 0.329 e. The van der Waals surface area contributed by atoms with Gasteiger partial charge in [0.15, 0.2) is 0 Å². The van der Waals surface area contributed by atoms with Crippen LogP contribution in [0.25, 0.3) is 0 Å². The molecule has 0 saturated heterocycles. The molecule has 4 heteroatoms. The van der Waals surface area contributed by atoms with E-state index >= 15 is 0 Å². The Balaban J connectivity index is 2.62. The van der Waals surface area contributed by atoms with Crippen LogP contribution in [0.4, 0.5) is 5.69 Å². The molecule has 1 aromatic rings. The number of esters is 1. The molecular weight excluding hydrogens is 180 g/mol. The summed E-state index contributed by atoms with van der Waals surface area (Å²) in [5, 5.41) is 2.98. The molecule has 0 aliphatic heterocycles. The van der Waals surface area contributed by atoms with E-state index in [0.717, 1.165) is 5.69 Å². The molecule has 0 bridgehead atoms. The van der Waals surface area contributed by atoms with Crippen LogP contribution in [0.15, 0.2) is 30.3 Å². The normalized spacial score (nSPS) is 11.9. The molecule has 1 rings (SSSR count). The number of hydrogen-bond donors (Lipinski definition) is 2. The van der Waals surface area contributed by atoms with E-state index in [2.05, 4.69) is 10.1 Å². The number of hydrogen-bond acceptors (Lipinski definition) is 4. The van der Waals surface area contributed by atoms with Crippen LogP contribution in [0.5, 0.6) is 0 Å². The summed E-state index contributed by atoms with van der Waals surface area (Å²) < 4.78 is 4.59. The van der Waals surface area contributed by atoms with Crippen molar-refractivity contribution < 1.29 is 9.53 Å². The highest BCUT2D eigenvalue weighted by Gasteiger charge is 2.16. The fourth-order valence-corrected chi connectivity index (χ4v) is 1.09. The highest BCUT2D eigenvalue weighted by molar-refractivity contribution is 5.79. The smallest absolute Gasteiger partial charge is 0.329 e. The first-order chi connectivity index (χ1) is 6.77. The van der Waals surface area contributed by atoms with Gasteiger partial charge in [0.1, 0.15) is 6.04 Å². The number of para-hydroxylation sites is 1. The van der Waals surface area contributed by atoms with E-state index in [-0.39, 0.29) is 12.5 Å². The fourth-order valence-electron chi connectivity index (χ4n) is 1.09. The van der Waals surface area contributed by atoms with Gasteiger partial charge in [0, 0.05) is 12.2 Å². The maximum atomic E-state index is 11.2. The lowest BCUT2D eigenvalue weighted by atomic mass is 10.2. The van der Waals surface area contributed by atoms with Crippen LogP contribution in [0.1, 0.15) is 0 Å². The van der Waals surface area contributed by atoms with Gasteiger partial charge in [0.05, 0.1) is 7.11 Å². The van der Waals surface area contributed by atoms with Gasteiger partial charge in [-0.2, -0.15) is 0 Å². The number of methoxy groups -OCH3 is 1. The Kier molecular flexibility index (Phi) is 3.94. The van der Waals surface area contributed by atoms with Crippen molar-refractivity contribution in [3.63, 3.8) is 0 Å². The fraction of sp³-hybridized carbons (Fsp3) is 0.300. The summed E-state index contributed by atoms with van der Waals surface area (Å²) in [7, 11) is 1.34. The minimum Gasteiger partial charge on any atom is -0.467 e. The molecule has 0 aromatic heterocycles. The molecule has 0 amide bonds. The third-order valence-electron chi connectivity index (χ3n) is 1.84. The zero-order valence-corrected chi connectivity index (χ0v) is 8.07. The molecule has 76 valence electrons. The summed E-state index contributed by atoms with van der Waals surface area (Å²) in [6.07, 6.45) is 0. The molecule has 14 heavy (non-hydrogen) atoms. The number of carbonyl (C=O) groups is 1. The topological polar surface area (TPSA) is 64.3 Å². The summed E-state index contributed by atoms with van der Waals surface area (Å²) in [5.41, 5.74) is 6.29. The second-order valence-corrected chi connectivity index (χ2v) is 2.82. The minimum atomic E-state index is -0.484. The van der Waals surface area contributed by atoms with Gasteiger partial charge in [0.25, 0.3) is 0 Å². The van der Waals surface area contributed by atoms with E-state index < -0.39 is 6.04 Å². The predicted molar refractivity (Wildman–Crippen MR) is 54.9 cm³/mol. The molecule has 0 spiro atoms. The highest BCUT2D eigenvalue weighted by Crippen LogP contribution is 2.07. The van der Waals surface area contributed by atoms with Gasteiger partial charge in [-0.3, -0.25) is 0 Å². The third kappa shape index (κ3) is 2.74. The Morgan fingerprint density at radius 1 is 1.50 bits per heavy atom. The zero-order chi connectivity index (χ0) is 10.4. The number of nitrogens with one attached hydrogen (secondary N) is 1. The van der Waals surface area contributed by atoms with E-state index in [1.807, 2.05) is 30.3 Å². The molecular formula is C10H14N2O2. The Bertz CT molecular complexity index is 287. The van der Waals surface area contributed by atoms with Gasteiger partial charge in [-0.25, -0.2) is 4.79 Å². The van der Waals surface area contributed by atoms with E-state index in [1.165, 1.54) is 7.11 Å². The second kappa shape index (κ2) is 5.24. The summed E-state index contributed by atoms with van der Waals surface area (Å²) in [6.45, 7) is 0.210. The summed E-state index contributed by atoms with van der Waals surface area (Å²) in [5.74, 6) is -0.351. The van der Waals surface area contributed by atoms with E-state index in [0.29, 0.717) is 0 Å².